The summed E-state index contributed by atoms with van der Waals surface area (Å²) in [5.41, 5.74) is 8.37. The van der Waals surface area contributed by atoms with Gasteiger partial charge in [-0.25, -0.2) is 0 Å². The highest BCUT2D eigenvalue weighted by Crippen LogP contribution is 2.24. The lowest BCUT2D eigenvalue weighted by atomic mass is 9.91. The molecule has 0 bridgehead atoms. The van der Waals surface area contributed by atoms with Crippen molar-refractivity contribution in [1.29, 1.82) is 5.41 Å². The zero-order valence-corrected chi connectivity index (χ0v) is 14.5. The lowest BCUT2D eigenvalue weighted by Gasteiger charge is -2.17. The summed E-state index contributed by atoms with van der Waals surface area (Å²) < 4.78 is 5.15. The predicted octanol–water partition coefficient (Wildman–Crippen LogP) is 2.76. The maximum Gasteiger partial charge on any atom is 0.234 e. The van der Waals surface area contributed by atoms with E-state index in [0.717, 1.165) is 16.9 Å². The van der Waals surface area contributed by atoms with Crippen molar-refractivity contribution in [2.45, 2.75) is 19.3 Å². The minimum atomic E-state index is -0.424. The maximum absolute atomic E-state index is 12.4. The molecule has 0 saturated carbocycles. The van der Waals surface area contributed by atoms with Crippen LogP contribution in [0.2, 0.25) is 0 Å². The van der Waals surface area contributed by atoms with E-state index in [1.54, 1.807) is 7.11 Å². The normalized spacial score (nSPS) is 11.1. The molecule has 6 heteroatoms. The Hall–Kier alpha value is -2.53. The largest absolute Gasteiger partial charge is 0.497 e. The zero-order chi connectivity index (χ0) is 16.8. The van der Waals surface area contributed by atoms with Gasteiger partial charge in [-0.1, -0.05) is 42.0 Å². The van der Waals surface area contributed by atoms with Gasteiger partial charge in [0.2, 0.25) is 5.91 Å². The van der Waals surface area contributed by atoms with E-state index in [1.807, 2.05) is 55.5 Å². The second kappa shape index (κ2) is 8.93. The highest BCUT2D eigenvalue weighted by molar-refractivity contribution is 5.98. The Kier molecular flexibility index (Phi) is 7.27. The molecule has 2 aromatic carbocycles. The van der Waals surface area contributed by atoms with Crippen LogP contribution in [0.1, 0.15) is 22.6 Å². The number of amides is 1. The number of benzene rings is 2. The van der Waals surface area contributed by atoms with Crippen LogP contribution in [0, 0.1) is 12.3 Å². The topological polar surface area (TPSA) is 88.2 Å². The van der Waals surface area contributed by atoms with E-state index >= 15 is 0 Å². The van der Waals surface area contributed by atoms with E-state index in [0.29, 0.717) is 6.42 Å². The molecule has 0 radical (unpaired) electrons. The van der Waals surface area contributed by atoms with Gasteiger partial charge in [-0.2, -0.15) is 0 Å². The van der Waals surface area contributed by atoms with Crippen molar-refractivity contribution in [2.24, 2.45) is 5.73 Å². The van der Waals surface area contributed by atoms with E-state index in [2.05, 4.69) is 5.32 Å². The molecule has 24 heavy (non-hydrogen) atoms. The molecule has 0 spiro atoms. The van der Waals surface area contributed by atoms with Gasteiger partial charge in [0.1, 0.15) is 5.75 Å². The molecule has 1 unspecified atom stereocenters. The lowest BCUT2D eigenvalue weighted by molar-refractivity contribution is -0.121. The number of carbonyl (C=O) groups is 1. The average Bonchev–Trinajstić information content (AvgIpc) is 2.54. The second-order valence-corrected chi connectivity index (χ2v) is 5.42. The van der Waals surface area contributed by atoms with Gasteiger partial charge in [0.25, 0.3) is 0 Å². The van der Waals surface area contributed by atoms with Crippen LogP contribution >= 0.6 is 12.4 Å². The Bertz CT molecular complexity index is 684. The average molecular weight is 348 g/mol. The first-order valence-electron chi connectivity index (χ1n) is 7.34. The van der Waals surface area contributed by atoms with Crippen LogP contribution in [-0.4, -0.2) is 19.0 Å². The fourth-order valence-electron chi connectivity index (χ4n) is 2.38. The molecule has 0 saturated heterocycles. The quantitative estimate of drug-likeness (QED) is 0.574. The summed E-state index contributed by atoms with van der Waals surface area (Å²) in [5, 5.41) is 9.67. The second-order valence-electron chi connectivity index (χ2n) is 5.42. The summed E-state index contributed by atoms with van der Waals surface area (Å²) in [6.07, 6.45) is 0.533. The van der Waals surface area contributed by atoms with Crippen molar-refractivity contribution >= 4 is 24.3 Å². The third-order valence-corrected chi connectivity index (χ3v) is 3.65. The highest BCUT2D eigenvalue weighted by atomic mass is 35.5. The molecular formula is C18H22ClN3O2. The number of guanidine groups is 1. The first-order valence-corrected chi connectivity index (χ1v) is 7.34. The minimum absolute atomic E-state index is 0. The fourth-order valence-corrected chi connectivity index (χ4v) is 2.38. The number of methoxy groups -OCH3 is 1. The summed E-state index contributed by atoms with van der Waals surface area (Å²) in [6, 6.07) is 15.4. The molecule has 0 fully saturated rings. The third kappa shape index (κ3) is 5.28. The van der Waals surface area contributed by atoms with Crippen molar-refractivity contribution < 1.29 is 9.53 Å². The standard InChI is InChI=1S/C18H21N3O2.ClH/c1-12-3-5-13(6-4-12)11-16(17(22)21-18(19)20)14-7-9-15(23-2)10-8-14;/h3-10,16H,11H2,1-2H3,(H4,19,20,21,22);1H. The summed E-state index contributed by atoms with van der Waals surface area (Å²) in [5.74, 6) is -0.331. The highest BCUT2D eigenvalue weighted by Gasteiger charge is 2.21. The summed E-state index contributed by atoms with van der Waals surface area (Å²) in [7, 11) is 1.60. The molecule has 2 aromatic rings. The number of nitrogens with two attached hydrogens (primary N) is 1. The lowest BCUT2D eigenvalue weighted by Crippen LogP contribution is -2.39. The number of ether oxygens (including phenoxy) is 1. The number of rotatable bonds is 5. The van der Waals surface area contributed by atoms with Crippen LogP contribution < -0.4 is 15.8 Å². The Morgan fingerprint density at radius 2 is 1.75 bits per heavy atom. The first-order chi connectivity index (χ1) is 11.0. The molecule has 1 amide bonds. The van der Waals surface area contributed by atoms with E-state index < -0.39 is 5.92 Å². The van der Waals surface area contributed by atoms with Gasteiger partial charge < -0.3 is 10.5 Å². The molecular weight excluding hydrogens is 326 g/mol. The van der Waals surface area contributed by atoms with Gasteiger partial charge in [0.15, 0.2) is 5.96 Å². The Balaban J connectivity index is 0.00000288. The van der Waals surface area contributed by atoms with E-state index in [4.69, 9.17) is 15.9 Å². The molecule has 1 atom stereocenters. The molecule has 128 valence electrons. The maximum atomic E-state index is 12.4. The smallest absolute Gasteiger partial charge is 0.234 e. The van der Waals surface area contributed by atoms with Crippen LogP contribution in [0.25, 0.3) is 0 Å². The van der Waals surface area contributed by atoms with Crippen LogP contribution in [-0.2, 0) is 11.2 Å². The van der Waals surface area contributed by atoms with Gasteiger partial charge in [-0.05, 0) is 36.6 Å². The van der Waals surface area contributed by atoms with E-state index in [1.165, 1.54) is 5.56 Å². The van der Waals surface area contributed by atoms with Crippen molar-refractivity contribution in [1.82, 2.24) is 5.32 Å². The number of aryl methyl sites for hydroxylation is 1. The van der Waals surface area contributed by atoms with Gasteiger partial charge in [0.05, 0.1) is 13.0 Å². The molecule has 5 nitrogen and oxygen atoms in total. The monoisotopic (exact) mass is 347 g/mol. The number of nitrogens with one attached hydrogen (secondary N) is 2. The molecule has 0 aliphatic rings. The summed E-state index contributed by atoms with van der Waals surface area (Å²) in [4.78, 5) is 12.4. The molecule has 0 aliphatic heterocycles. The predicted molar refractivity (Wildman–Crippen MR) is 97.9 cm³/mol. The van der Waals surface area contributed by atoms with Crippen molar-refractivity contribution in [3.63, 3.8) is 0 Å². The van der Waals surface area contributed by atoms with Crippen LogP contribution in [0.4, 0.5) is 0 Å². The SMILES string of the molecule is COc1ccc(C(Cc2ccc(C)cc2)C(=O)NC(=N)N)cc1.Cl. The third-order valence-electron chi connectivity index (χ3n) is 3.65. The minimum Gasteiger partial charge on any atom is -0.497 e. The number of carbonyl (C=O) groups excluding carboxylic acids is 1. The Labute approximate surface area is 148 Å². The van der Waals surface area contributed by atoms with Gasteiger partial charge in [-0.3, -0.25) is 15.5 Å². The first kappa shape index (κ1) is 19.5. The molecule has 0 aromatic heterocycles. The summed E-state index contributed by atoms with van der Waals surface area (Å²) >= 11 is 0. The molecule has 2 rings (SSSR count). The number of halogens is 1. The van der Waals surface area contributed by atoms with E-state index in [-0.39, 0.29) is 24.3 Å². The molecule has 4 N–H and O–H groups in total. The van der Waals surface area contributed by atoms with Gasteiger partial charge >= 0.3 is 0 Å². The van der Waals surface area contributed by atoms with E-state index in [9.17, 15) is 4.79 Å². The number of hydrogen-bond donors (Lipinski definition) is 3. The van der Waals surface area contributed by atoms with Crippen molar-refractivity contribution in [3.8, 4) is 5.75 Å². The van der Waals surface area contributed by atoms with Gasteiger partial charge in [0, 0.05) is 0 Å². The Morgan fingerprint density at radius 1 is 1.17 bits per heavy atom. The van der Waals surface area contributed by atoms with Crippen LogP contribution in [0.5, 0.6) is 5.75 Å². The van der Waals surface area contributed by atoms with Gasteiger partial charge in [-0.15, -0.1) is 12.4 Å². The van der Waals surface area contributed by atoms with Crippen LogP contribution in [0.3, 0.4) is 0 Å². The van der Waals surface area contributed by atoms with Crippen molar-refractivity contribution in [2.75, 3.05) is 7.11 Å². The van der Waals surface area contributed by atoms with Crippen molar-refractivity contribution in [3.05, 3.63) is 65.2 Å². The zero-order valence-electron chi connectivity index (χ0n) is 13.7. The number of hydrogen-bond acceptors (Lipinski definition) is 3. The molecule has 0 heterocycles. The molecule has 0 aliphatic carbocycles. The van der Waals surface area contributed by atoms with Crippen LogP contribution in [0.15, 0.2) is 48.5 Å². The fraction of sp³-hybridized carbons (Fsp3) is 0.222. The Morgan fingerprint density at radius 3 is 2.25 bits per heavy atom. The summed E-state index contributed by atoms with van der Waals surface area (Å²) in [6.45, 7) is 2.02.